The van der Waals surface area contributed by atoms with E-state index in [0.29, 0.717) is 17.9 Å². The van der Waals surface area contributed by atoms with Crippen LogP contribution >= 0.6 is 11.5 Å². The summed E-state index contributed by atoms with van der Waals surface area (Å²) >= 11 is 1.15. The fourth-order valence-electron chi connectivity index (χ4n) is 1.22. The van der Waals surface area contributed by atoms with Crippen LogP contribution in [0.3, 0.4) is 0 Å². The second-order valence-electron chi connectivity index (χ2n) is 3.17. The monoisotopic (exact) mass is 234 g/mol. The fraction of sp³-hybridized carbons (Fsp3) is 0.100. The summed E-state index contributed by atoms with van der Waals surface area (Å²) in [6.07, 6.45) is 0. The molecule has 1 heterocycles. The fourth-order valence-corrected chi connectivity index (χ4v) is 1.66. The molecule has 5 nitrogen and oxygen atoms in total. The first-order chi connectivity index (χ1) is 7.77. The highest BCUT2D eigenvalue weighted by atomic mass is 32.1. The Kier molecular flexibility index (Phi) is 3.11. The van der Waals surface area contributed by atoms with Gasteiger partial charge in [0.15, 0.2) is 5.69 Å². The number of amides is 1. The average Bonchev–Trinajstić information content (AvgIpc) is 2.81. The van der Waals surface area contributed by atoms with E-state index in [1.165, 1.54) is 0 Å². The third kappa shape index (κ3) is 2.34. The minimum atomic E-state index is -0.239. The quantitative estimate of drug-likeness (QED) is 0.778. The molecule has 0 aliphatic carbocycles. The lowest BCUT2D eigenvalue weighted by atomic mass is 10.2. The second-order valence-corrected chi connectivity index (χ2v) is 3.78. The van der Waals surface area contributed by atoms with Crippen molar-refractivity contribution in [1.29, 1.82) is 0 Å². The van der Waals surface area contributed by atoms with Crippen molar-refractivity contribution in [2.75, 3.05) is 5.73 Å². The third-order valence-electron chi connectivity index (χ3n) is 2.09. The van der Waals surface area contributed by atoms with E-state index in [-0.39, 0.29) is 5.91 Å². The van der Waals surface area contributed by atoms with E-state index in [4.69, 9.17) is 5.73 Å². The minimum Gasteiger partial charge on any atom is -0.398 e. The lowest BCUT2D eigenvalue weighted by Gasteiger charge is -2.05. The number of nitrogens with two attached hydrogens (primary N) is 1. The molecule has 0 radical (unpaired) electrons. The number of anilines is 1. The number of carbonyl (C=O) groups excluding carboxylic acids is 1. The van der Waals surface area contributed by atoms with Crippen molar-refractivity contribution in [3.63, 3.8) is 0 Å². The third-order valence-corrected chi connectivity index (χ3v) is 2.59. The van der Waals surface area contributed by atoms with Gasteiger partial charge in [0.1, 0.15) is 0 Å². The van der Waals surface area contributed by atoms with E-state index < -0.39 is 0 Å². The van der Waals surface area contributed by atoms with E-state index in [2.05, 4.69) is 14.9 Å². The molecule has 1 aromatic heterocycles. The van der Waals surface area contributed by atoms with Gasteiger partial charge in [0.05, 0.1) is 0 Å². The molecule has 0 aliphatic heterocycles. The molecule has 0 saturated heterocycles. The van der Waals surface area contributed by atoms with Gasteiger partial charge in [0.2, 0.25) is 0 Å². The van der Waals surface area contributed by atoms with Crippen LogP contribution in [0.5, 0.6) is 0 Å². The van der Waals surface area contributed by atoms with Gasteiger partial charge in [-0.25, -0.2) is 0 Å². The van der Waals surface area contributed by atoms with Gasteiger partial charge in [0.25, 0.3) is 5.91 Å². The second kappa shape index (κ2) is 4.71. The summed E-state index contributed by atoms with van der Waals surface area (Å²) in [6.45, 7) is 0.392. The summed E-state index contributed by atoms with van der Waals surface area (Å²) in [5.74, 6) is -0.239. The van der Waals surface area contributed by atoms with Crippen molar-refractivity contribution in [3.05, 3.63) is 40.9 Å². The van der Waals surface area contributed by atoms with Crippen molar-refractivity contribution in [2.24, 2.45) is 0 Å². The molecule has 0 fully saturated rings. The highest BCUT2D eigenvalue weighted by molar-refractivity contribution is 7.03. The highest BCUT2D eigenvalue weighted by Crippen LogP contribution is 2.09. The van der Waals surface area contributed by atoms with Gasteiger partial charge < -0.3 is 11.1 Å². The maximum Gasteiger partial charge on any atom is 0.273 e. The Bertz CT molecular complexity index is 483. The highest BCUT2D eigenvalue weighted by Gasteiger charge is 2.08. The molecule has 1 aromatic carbocycles. The predicted molar refractivity (Wildman–Crippen MR) is 61.9 cm³/mol. The number of nitrogens with zero attached hydrogens (tertiary/aromatic N) is 2. The Morgan fingerprint density at radius 2 is 2.25 bits per heavy atom. The van der Waals surface area contributed by atoms with Crippen molar-refractivity contribution >= 4 is 23.1 Å². The summed E-state index contributed by atoms with van der Waals surface area (Å²) in [4.78, 5) is 11.5. The average molecular weight is 234 g/mol. The summed E-state index contributed by atoms with van der Waals surface area (Å²) in [5, 5.41) is 8.00. The molecular weight excluding hydrogens is 224 g/mol. The van der Waals surface area contributed by atoms with Crippen LogP contribution in [0, 0.1) is 0 Å². The van der Waals surface area contributed by atoms with Gasteiger partial charge in [-0.05, 0) is 23.2 Å². The van der Waals surface area contributed by atoms with Crippen molar-refractivity contribution in [1.82, 2.24) is 14.9 Å². The number of hydrogen-bond acceptors (Lipinski definition) is 5. The summed E-state index contributed by atoms with van der Waals surface area (Å²) in [6, 6.07) is 7.40. The zero-order valence-electron chi connectivity index (χ0n) is 8.38. The summed E-state index contributed by atoms with van der Waals surface area (Å²) < 4.78 is 3.62. The van der Waals surface area contributed by atoms with E-state index in [1.807, 2.05) is 18.2 Å². The predicted octanol–water partition coefficient (Wildman–Crippen LogP) is 1.05. The first kappa shape index (κ1) is 10.6. The Balaban J connectivity index is 1.98. The normalized spacial score (nSPS) is 10.0. The molecule has 0 saturated carbocycles. The molecule has 1 amide bonds. The first-order valence-electron chi connectivity index (χ1n) is 4.66. The topological polar surface area (TPSA) is 80.9 Å². The van der Waals surface area contributed by atoms with Gasteiger partial charge in [-0.3, -0.25) is 4.79 Å². The Morgan fingerprint density at radius 3 is 2.94 bits per heavy atom. The van der Waals surface area contributed by atoms with Crippen LogP contribution in [0.15, 0.2) is 29.6 Å². The van der Waals surface area contributed by atoms with Gasteiger partial charge >= 0.3 is 0 Å². The van der Waals surface area contributed by atoms with E-state index in [1.54, 1.807) is 11.4 Å². The molecule has 16 heavy (non-hydrogen) atoms. The zero-order chi connectivity index (χ0) is 11.4. The molecule has 2 aromatic rings. The molecule has 3 N–H and O–H groups in total. The molecule has 2 rings (SSSR count). The van der Waals surface area contributed by atoms with Gasteiger partial charge in [-0.15, -0.1) is 5.10 Å². The lowest BCUT2D eigenvalue weighted by Crippen LogP contribution is -2.23. The number of rotatable bonds is 3. The SMILES string of the molecule is Nc1ccccc1CNC(=O)c1csnn1. The van der Waals surface area contributed by atoms with Crippen molar-refractivity contribution in [3.8, 4) is 0 Å². The number of carbonyl (C=O) groups is 1. The molecule has 6 heteroatoms. The lowest BCUT2D eigenvalue weighted by molar-refractivity contribution is 0.0946. The molecule has 82 valence electrons. The van der Waals surface area contributed by atoms with Crippen molar-refractivity contribution < 1.29 is 4.79 Å². The molecule has 0 bridgehead atoms. The number of hydrogen-bond donors (Lipinski definition) is 2. The molecule has 0 spiro atoms. The maximum atomic E-state index is 11.5. The van der Waals surface area contributed by atoms with Crippen LogP contribution in [0.4, 0.5) is 5.69 Å². The molecule has 0 unspecified atom stereocenters. The van der Waals surface area contributed by atoms with E-state index in [9.17, 15) is 4.79 Å². The number of para-hydroxylation sites is 1. The van der Waals surface area contributed by atoms with Crippen LogP contribution < -0.4 is 11.1 Å². The van der Waals surface area contributed by atoms with Crippen molar-refractivity contribution in [2.45, 2.75) is 6.54 Å². The number of benzene rings is 1. The van der Waals surface area contributed by atoms with Crippen LogP contribution in [-0.2, 0) is 6.54 Å². The van der Waals surface area contributed by atoms with E-state index >= 15 is 0 Å². The molecular formula is C10H10N4OS. The molecule has 0 atom stereocenters. The number of nitrogens with one attached hydrogen (secondary N) is 1. The molecule has 0 aliphatic rings. The number of nitrogen functional groups attached to an aromatic ring is 1. The minimum absolute atomic E-state index is 0.239. The van der Waals surface area contributed by atoms with Crippen LogP contribution in [0.1, 0.15) is 16.1 Å². The van der Waals surface area contributed by atoms with Crippen LogP contribution in [-0.4, -0.2) is 15.5 Å². The Labute approximate surface area is 96.5 Å². The van der Waals surface area contributed by atoms with Gasteiger partial charge in [-0.1, -0.05) is 22.7 Å². The Morgan fingerprint density at radius 1 is 1.44 bits per heavy atom. The zero-order valence-corrected chi connectivity index (χ0v) is 9.20. The standard InChI is InChI=1S/C10H10N4OS/c11-8-4-2-1-3-7(8)5-12-10(15)9-6-16-14-13-9/h1-4,6H,5,11H2,(H,12,15). The van der Waals surface area contributed by atoms with Crippen LogP contribution in [0.2, 0.25) is 0 Å². The smallest absolute Gasteiger partial charge is 0.273 e. The Hall–Kier alpha value is -1.95. The first-order valence-corrected chi connectivity index (χ1v) is 5.49. The van der Waals surface area contributed by atoms with Gasteiger partial charge in [-0.2, -0.15) is 0 Å². The maximum absolute atomic E-state index is 11.5. The van der Waals surface area contributed by atoms with Gasteiger partial charge in [0, 0.05) is 17.6 Å². The van der Waals surface area contributed by atoms with Crippen LogP contribution in [0.25, 0.3) is 0 Å². The summed E-state index contributed by atoms with van der Waals surface area (Å²) in [7, 11) is 0. The largest absolute Gasteiger partial charge is 0.398 e. The number of aromatic nitrogens is 2. The summed E-state index contributed by atoms with van der Waals surface area (Å²) in [5.41, 5.74) is 7.64. The van der Waals surface area contributed by atoms with E-state index in [0.717, 1.165) is 17.1 Å².